The van der Waals surface area contributed by atoms with Crippen molar-refractivity contribution in [1.29, 1.82) is 0 Å². The molecule has 1 aliphatic heterocycles. The van der Waals surface area contributed by atoms with Crippen molar-refractivity contribution >= 4 is 16.7 Å². The summed E-state index contributed by atoms with van der Waals surface area (Å²) >= 11 is 0. The predicted octanol–water partition coefficient (Wildman–Crippen LogP) is 3.66. The molecule has 0 aliphatic carbocycles. The standard InChI is InChI=1S/C23H27N3O4/c1-13-6-15-7-21(29-4)22(30-5)8-16(15)11-26(13)23-18-9-17(14(2)27)20(28-3)10-19(18)24-12-25-23/h7-10,12-14,27H,6,11H2,1-5H3/t13-,14?/m0/s1. The van der Waals surface area contributed by atoms with E-state index < -0.39 is 6.10 Å². The third-order valence-electron chi connectivity index (χ3n) is 5.78. The molecule has 30 heavy (non-hydrogen) atoms. The van der Waals surface area contributed by atoms with Crippen molar-refractivity contribution in [2.45, 2.75) is 39.0 Å². The van der Waals surface area contributed by atoms with E-state index >= 15 is 0 Å². The minimum Gasteiger partial charge on any atom is -0.496 e. The molecule has 1 aliphatic rings. The minimum absolute atomic E-state index is 0.228. The van der Waals surface area contributed by atoms with E-state index in [0.717, 1.165) is 40.2 Å². The highest BCUT2D eigenvalue weighted by molar-refractivity contribution is 5.91. The van der Waals surface area contributed by atoms with E-state index in [2.05, 4.69) is 27.9 Å². The van der Waals surface area contributed by atoms with Gasteiger partial charge in [-0.05, 0) is 49.6 Å². The second-order valence-corrected chi connectivity index (χ2v) is 7.64. The summed E-state index contributed by atoms with van der Waals surface area (Å²) in [4.78, 5) is 11.3. The molecule has 0 saturated heterocycles. The van der Waals surface area contributed by atoms with E-state index in [0.29, 0.717) is 12.3 Å². The molecule has 0 amide bonds. The van der Waals surface area contributed by atoms with Gasteiger partial charge in [-0.25, -0.2) is 9.97 Å². The molecule has 0 fully saturated rings. The molecular formula is C23H27N3O4. The zero-order valence-electron chi connectivity index (χ0n) is 18.0. The van der Waals surface area contributed by atoms with Crippen LogP contribution in [0.1, 0.15) is 36.6 Å². The maximum atomic E-state index is 10.2. The Morgan fingerprint density at radius 2 is 1.63 bits per heavy atom. The van der Waals surface area contributed by atoms with Gasteiger partial charge in [0.1, 0.15) is 17.9 Å². The molecule has 0 saturated carbocycles. The number of benzene rings is 2. The van der Waals surface area contributed by atoms with Gasteiger partial charge in [0.15, 0.2) is 11.5 Å². The van der Waals surface area contributed by atoms with Crippen molar-refractivity contribution in [2.75, 3.05) is 26.2 Å². The first-order chi connectivity index (χ1) is 14.5. The molecular weight excluding hydrogens is 382 g/mol. The largest absolute Gasteiger partial charge is 0.496 e. The molecule has 3 aromatic rings. The van der Waals surface area contributed by atoms with Gasteiger partial charge < -0.3 is 24.2 Å². The highest BCUT2D eigenvalue weighted by Crippen LogP contribution is 2.38. The van der Waals surface area contributed by atoms with Crippen molar-refractivity contribution in [3.63, 3.8) is 0 Å². The number of aliphatic hydroxyl groups is 1. The van der Waals surface area contributed by atoms with Gasteiger partial charge in [-0.3, -0.25) is 0 Å². The number of methoxy groups -OCH3 is 3. The van der Waals surface area contributed by atoms with Crippen LogP contribution in [-0.2, 0) is 13.0 Å². The van der Waals surface area contributed by atoms with Crippen LogP contribution in [0.25, 0.3) is 10.9 Å². The average molecular weight is 409 g/mol. The Hall–Kier alpha value is -3.06. The van der Waals surface area contributed by atoms with Crippen LogP contribution in [0, 0.1) is 0 Å². The molecule has 1 unspecified atom stereocenters. The number of aliphatic hydroxyl groups excluding tert-OH is 1. The fourth-order valence-electron chi connectivity index (χ4n) is 4.17. The third kappa shape index (κ3) is 3.39. The quantitative estimate of drug-likeness (QED) is 0.689. The first-order valence-electron chi connectivity index (χ1n) is 9.98. The van der Waals surface area contributed by atoms with Crippen LogP contribution in [-0.4, -0.2) is 42.4 Å². The number of hydrogen-bond donors (Lipinski definition) is 1. The first-order valence-corrected chi connectivity index (χ1v) is 9.98. The summed E-state index contributed by atoms with van der Waals surface area (Å²) in [6, 6.07) is 8.13. The molecule has 1 N–H and O–H groups in total. The number of hydrogen-bond acceptors (Lipinski definition) is 7. The van der Waals surface area contributed by atoms with E-state index in [1.165, 1.54) is 11.1 Å². The average Bonchev–Trinajstić information content (AvgIpc) is 2.76. The number of ether oxygens (including phenoxy) is 3. The zero-order valence-corrected chi connectivity index (χ0v) is 18.0. The van der Waals surface area contributed by atoms with Crippen LogP contribution in [0.3, 0.4) is 0 Å². The molecule has 4 rings (SSSR count). The SMILES string of the molecule is COc1cc2c(cc1OC)CN(c1ncnc3cc(OC)c(C(C)O)cc13)[C@@H](C)C2. The summed E-state index contributed by atoms with van der Waals surface area (Å²) in [5.41, 5.74) is 3.94. The van der Waals surface area contributed by atoms with Gasteiger partial charge in [-0.2, -0.15) is 0 Å². The topological polar surface area (TPSA) is 76.9 Å². The highest BCUT2D eigenvalue weighted by atomic mass is 16.5. The van der Waals surface area contributed by atoms with Gasteiger partial charge in [0.25, 0.3) is 0 Å². The monoisotopic (exact) mass is 409 g/mol. The Bertz CT molecular complexity index is 1080. The smallest absolute Gasteiger partial charge is 0.161 e. The van der Waals surface area contributed by atoms with Crippen molar-refractivity contribution in [1.82, 2.24) is 9.97 Å². The lowest BCUT2D eigenvalue weighted by Crippen LogP contribution is -2.39. The predicted molar refractivity (Wildman–Crippen MR) is 116 cm³/mol. The van der Waals surface area contributed by atoms with Crippen LogP contribution in [0.15, 0.2) is 30.6 Å². The van der Waals surface area contributed by atoms with Crippen molar-refractivity contribution in [3.05, 3.63) is 47.3 Å². The lowest BCUT2D eigenvalue weighted by Gasteiger charge is -2.36. The van der Waals surface area contributed by atoms with Gasteiger partial charge in [0.2, 0.25) is 0 Å². The molecule has 158 valence electrons. The number of rotatable bonds is 5. The van der Waals surface area contributed by atoms with E-state index in [9.17, 15) is 5.11 Å². The van der Waals surface area contributed by atoms with Crippen LogP contribution in [0.4, 0.5) is 5.82 Å². The molecule has 2 atom stereocenters. The van der Waals surface area contributed by atoms with Crippen molar-refractivity contribution in [2.24, 2.45) is 0 Å². The van der Waals surface area contributed by atoms with Crippen molar-refractivity contribution in [3.8, 4) is 17.2 Å². The lowest BCUT2D eigenvalue weighted by molar-refractivity contribution is 0.194. The van der Waals surface area contributed by atoms with E-state index in [-0.39, 0.29) is 6.04 Å². The highest BCUT2D eigenvalue weighted by Gasteiger charge is 2.27. The Balaban J connectivity index is 1.82. The molecule has 0 bridgehead atoms. The third-order valence-corrected chi connectivity index (χ3v) is 5.78. The van der Waals surface area contributed by atoms with Gasteiger partial charge in [0, 0.05) is 29.6 Å². The van der Waals surface area contributed by atoms with Gasteiger partial charge in [-0.15, -0.1) is 0 Å². The molecule has 1 aromatic heterocycles. The van der Waals surface area contributed by atoms with Gasteiger partial charge in [-0.1, -0.05) is 0 Å². The van der Waals surface area contributed by atoms with E-state index in [1.54, 1.807) is 34.6 Å². The summed E-state index contributed by atoms with van der Waals surface area (Å²) < 4.78 is 16.4. The summed E-state index contributed by atoms with van der Waals surface area (Å²) in [5.74, 6) is 2.94. The first kappa shape index (κ1) is 20.2. The normalized spacial score (nSPS) is 16.9. The summed E-state index contributed by atoms with van der Waals surface area (Å²) in [6.45, 7) is 4.61. The second kappa shape index (κ2) is 7.99. The van der Waals surface area contributed by atoms with Gasteiger partial charge in [0.05, 0.1) is 33.0 Å². The fraction of sp³-hybridized carbons (Fsp3) is 0.391. The number of nitrogens with zero attached hydrogens (tertiary/aromatic N) is 3. The minimum atomic E-state index is -0.659. The van der Waals surface area contributed by atoms with Crippen LogP contribution >= 0.6 is 0 Å². The Kier molecular flexibility index (Phi) is 5.39. The van der Waals surface area contributed by atoms with Crippen LogP contribution in [0.2, 0.25) is 0 Å². The fourth-order valence-corrected chi connectivity index (χ4v) is 4.17. The number of anilines is 1. The summed E-state index contributed by atoms with van der Waals surface area (Å²) in [5, 5.41) is 11.1. The molecule has 2 aromatic carbocycles. The number of fused-ring (bicyclic) bond motifs is 2. The van der Waals surface area contributed by atoms with E-state index in [4.69, 9.17) is 14.2 Å². The lowest BCUT2D eigenvalue weighted by atomic mass is 9.93. The Morgan fingerprint density at radius 1 is 0.967 bits per heavy atom. The number of aromatic nitrogens is 2. The molecule has 7 heteroatoms. The van der Waals surface area contributed by atoms with Crippen molar-refractivity contribution < 1.29 is 19.3 Å². The maximum absolute atomic E-state index is 10.2. The van der Waals surface area contributed by atoms with E-state index in [1.807, 2.05) is 18.2 Å². The van der Waals surface area contributed by atoms with Crippen LogP contribution in [0.5, 0.6) is 17.2 Å². The maximum Gasteiger partial charge on any atom is 0.161 e. The molecule has 0 radical (unpaired) electrons. The molecule has 0 spiro atoms. The zero-order chi connectivity index (χ0) is 21.4. The summed E-state index contributed by atoms with van der Waals surface area (Å²) in [7, 11) is 4.90. The van der Waals surface area contributed by atoms with Crippen LogP contribution < -0.4 is 19.1 Å². The Morgan fingerprint density at radius 3 is 2.27 bits per heavy atom. The molecule has 2 heterocycles. The Labute approximate surface area is 176 Å². The summed E-state index contributed by atoms with van der Waals surface area (Å²) in [6.07, 6.45) is 1.78. The molecule has 7 nitrogen and oxygen atoms in total. The van der Waals surface area contributed by atoms with Gasteiger partial charge >= 0.3 is 0 Å². The second-order valence-electron chi connectivity index (χ2n) is 7.64.